The number of carbonyl (C=O) groups is 1. The van der Waals surface area contributed by atoms with E-state index in [1.165, 1.54) is 17.3 Å². The summed E-state index contributed by atoms with van der Waals surface area (Å²) in [4.78, 5) is 14.4. The van der Waals surface area contributed by atoms with E-state index in [1.54, 1.807) is 0 Å². The molecule has 178 valence electrons. The van der Waals surface area contributed by atoms with Crippen LogP contribution in [0.1, 0.15) is 69.7 Å². The van der Waals surface area contributed by atoms with Gasteiger partial charge in [0.05, 0.1) is 6.61 Å². The largest absolute Gasteiger partial charge is 0.511 e. The molecule has 0 radical (unpaired) electrons. The maximum Gasteiger partial charge on any atom is 0.349 e. The highest BCUT2D eigenvalue weighted by molar-refractivity contribution is 8.04. The van der Waals surface area contributed by atoms with E-state index >= 15 is 0 Å². The minimum Gasteiger partial charge on any atom is -0.511 e. The molecule has 1 aliphatic heterocycles. The molecule has 2 aromatic carbocycles. The Morgan fingerprint density at radius 2 is 1.82 bits per heavy atom. The number of esters is 1. The molecule has 1 atom stereocenters. The number of cyclic esters (lactones) is 1. The van der Waals surface area contributed by atoms with Crippen LogP contribution in [0.25, 0.3) is 0 Å². The molecule has 33 heavy (non-hydrogen) atoms. The topological polar surface area (TPSA) is 66.8 Å². The second-order valence-electron chi connectivity index (χ2n) is 10.3. The molecule has 0 aliphatic carbocycles. The van der Waals surface area contributed by atoms with Gasteiger partial charge in [0, 0.05) is 11.3 Å². The zero-order valence-electron chi connectivity index (χ0n) is 20.6. The van der Waals surface area contributed by atoms with Crippen molar-refractivity contribution in [3.8, 4) is 0 Å². The van der Waals surface area contributed by atoms with Crippen molar-refractivity contribution < 1.29 is 19.7 Å². The summed E-state index contributed by atoms with van der Waals surface area (Å²) in [5, 5.41) is 20.8. The van der Waals surface area contributed by atoms with E-state index in [1.807, 2.05) is 51.1 Å². The van der Waals surface area contributed by atoms with Gasteiger partial charge in [-0.25, -0.2) is 4.79 Å². The van der Waals surface area contributed by atoms with Gasteiger partial charge in [0.2, 0.25) is 0 Å². The molecule has 5 heteroatoms. The molecule has 2 N–H and O–H groups in total. The van der Waals surface area contributed by atoms with Crippen LogP contribution in [0.15, 0.2) is 58.0 Å². The summed E-state index contributed by atoms with van der Waals surface area (Å²) < 4.78 is 6.10. The summed E-state index contributed by atoms with van der Waals surface area (Å²) in [6.07, 6.45) is 1.74. The summed E-state index contributed by atoms with van der Waals surface area (Å²) in [6.45, 7) is 12.3. The summed E-state index contributed by atoms with van der Waals surface area (Å²) in [5.41, 5.74) is 3.12. The van der Waals surface area contributed by atoms with Crippen molar-refractivity contribution >= 4 is 17.7 Å². The Morgan fingerprint density at radius 3 is 2.36 bits per heavy atom. The quantitative estimate of drug-likeness (QED) is 0.447. The van der Waals surface area contributed by atoms with Crippen LogP contribution in [0.5, 0.6) is 0 Å². The van der Waals surface area contributed by atoms with Crippen LogP contribution in [-0.4, -0.2) is 21.8 Å². The van der Waals surface area contributed by atoms with Gasteiger partial charge in [-0.3, -0.25) is 0 Å². The van der Waals surface area contributed by atoms with Gasteiger partial charge in [-0.2, -0.15) is 0 Å². The first-order chi connectivity index (χ1) is 15.5. The molecule has 0 amide bonds. The SMILES string of the molecule is Cc1cc(SC2=C(O)CC(CCc3ccccc3)(C(C)C)OC2=O)c(C(C)(C)C)cc1CO. The van der Waals surface area contributed by atoms with Gasteiger partial charge in [-0.05, 0) is 59.4 Å². The number of aryl methyl sites for hydroxylation is 2. The fourth-order valence-electron chi connectivity index (χ4n) is 4.28. The smallest absolute Gasteiger partial charge is 0.349 e. The molecule has 0 bridgehead atoms. The van der Waals surface area contributed by atoms with Crippen molar-refractivity contribution in [2.45, 2.75) is 83.3 Å². The Balaban J connectivity index is 1.92. The Hall–Kier alpha value is -2.24. The van der Waals surface area contributed by atoms with Crippen molar-refractivity contribution in [3.63, 3.8) is 0 Å². The molecule has 0 aromatic heterocycles. The normalized spacial score (nSPS) is 19.2. The molecule has 0 spiro atoms. The Labute approximate surface area is 202 Å². The Kier molecular flexibility index (Phi) is 7.65. The third-order valence-electron chi connectivity index (χ3n) is 6.57. The van der Waals surface area contributed by atoms with E-state index in [4.69, 9.17) is 4.74 Å². The Bertz CT molecular complexity index is 1030. The summed E-state index contributed by atoms with van der Waals surface area (Å²) in [5.74, 6) is -0.300. The van der Waals surface area contributed by atoms with Crippen LogP contribution in [0.2, 0.25) is 0 Å². The van der Waals surface area contributed by atoms with Crippen LogP contribution < -0.4 is 0 Å². The van der Waals surface area contributed by atoms with Crippen LogP contribution in [0, 0.1) is 12.8 Å². The van der Waals surface area contributed by atoms with Crippen LogP contribution >= 0.6 is 11.8 Å². The first kappa shape index (κ1) is 25.4. The number of ether oxygens (including phenoxy) is 1. The molecule has 3 rings (SSSR count). The monoisotopic (exact) mass is 468 g/mol. The number of thioether (sulfide) groups is 1. The van der Waals surface area contributed by atoms with Gasteiger partial charge in [0.1, 0.15) is 16.3 Å². The zero-order valence-corrected chi connectivity index (χ0v) is 21.4. The maximum atomic E-state index is 13.2. The lowest BCUT2D eigenvalue weighted by Gasteiger charge is -2.40. The number of aliphatic hydroxyl groups is 2. The number of hydrogen-bond donors (Lipinski definition) is 2. The van der Waals surface area contributed by atoms with Crippen molar-refractivity contribution in [3.05, 3.63) is 75.4 Å². The lowest BCUT2D eigenvalue weighted by Crippen LogP contribution is -2.44. The molecular weight excluding hydrogens is 432 g/mol. The van der Waals surface area contributed by atoms with E-state index in [9.17, 15) is 15.0 Å². The molecule has 1 aliphatic rings. The maximum absolute atomic E-state index is 13.2. The van der Waals surface area contributed by atoms with Crippen molar-refractivity contribution in [1.29, 1.82) is 0 Å². The highest BCUT2D eigenvalue weighted by Crippen LogP contribution is 2.45. The highest BCUT2D eigenvalue weighted by Gasteiger charge is 2.44. The fraction of sp³-hybridized carbons (Fsp3) is 0.464. The molecule has 1 heterocycles. The summed E-state index contributed by atoms with van der Waals surface area (Å²) >= 11 is 1.27. The van der Waals surface area contributed by atoms with E-state index < -0.39 is 11.6 Å². The molecular formula is C28H36O4S. The van der Waals surface area contributed by atoms with Gasteiger partial charge >= 0.3 is 5.97 Å². The average Bonchev–Trinajstić information content (AvgIpc) is 2.74. The van der Waals surface area contributed by atoms with Gasteiger partial charge in [-0.15, -0.1) is 0 Å². The molecule has 1 unspecified atom stereocenters. The first-order valence-electron chi connectivity index (χ1n) is 11.6. The lowest BCUT2D eigenvalue weighted by atomic mass is 9.80. The lowest BCUT2D eigenvalue weighted by molar-refractivity contribution is -0.164. The minimum atomic E-state index is -0.732. The molecule has 0 saturated heterocycles. The predicted molar refractivity (Wildman–Crippen MR) is 134 cm³/mol. The summed E-state index contributed by atoms with van der Waals surface area (Å²) in [7, 11) is 0. The average molecular weight is 469 g/mol. The number of carbonyl (C=O) groups excluding carboxylic acids is 1. The third-order valence-corrected chi connectivity index (χ3v) is 7.73. The van der Waals surface area contributed by atoms with Crippen molar-refractivity contribution in [1.82, 2.24) is 0 Å². The minimum absolute atomic E-state index is 0.0336. The highest BCUT2D eigenvalue weighted by atomic mass is 32.2. The molecule has 4 nitrogen and oxygen atoms in total. The fourth-order valence-corrected chi connectivity index (χ4v) is 5.52. The third kappa shape index (κ3) is 5.64. The Morgan fingerprint density at radius 1 is 1.15 bits per heavy atom. The first-order valence-corrected chi connectivity index (χ1v) is 12.4. The second-order valence-corrected chi connectivity index (χ2v) is 11.4. The van der Waals surface area contributed by atoms with Gasteiger partial charge < -0.3 is 14.9 Å². The second kappa shape index (κ2) is 9.94. The van der Waals surface area contributed by atoms with E-state index in [0.29, 0.717) is 12.8 Å². The van der Waals surface area contributed by atoms with Crippen LogP contribution in [0.3, 0.4) is 0 Å². The van der Waals surface area contributed by atoms with Gasteiger partial charge in [-0.1, -0.05) is 82.8 Å². The zero-order chi connectivity index (χ0) is 24.4. The standard InChI is InChI=1S/C28H36O4S/c1-18(2)28(13-12-20-10-8-7-9-11-20)16-23(30)25(26(31)32-28)33-24-14-19(3)21(17-29)15-22(24)27(4,5)6/h7-11,14-15,18,29-30H,12-13,16-17H2,1-6H3. The van der Waals surface area contributed by atoms with Crippen molar-refractivity contribution in [2.24, 2.45) is 5.92 Å². The number of benzene rings is 2. The number of hydrogen-bond acceptors (Lipinski definition) is 5. The predicted octanol–water partition coefficient (Wildman–Crippen LogP) is 6.62. The van der Waals surface area contributed by atoms with Crippen molar-refractivity contribution in [2.75, 3.05) is 0 Å². The van der Waals surface area contributed by atoms with Crippen LogP contribution in [-0.2, 0) is 28.0 Å². The molecule has 2 aromatic rings. The van der Waals surface area contributed by atoms with Crippen LogP contribution in [0.4, 0.5) is 0 Å². The van der Waals surface area contributed by atoms with E-state index in [2.05, 4.69) is 32.9 Å². The summed E-state index contributed by atoms with van der Waals surface area (Å²) in [6, 6.07) is 14.1. The van der Waals surface area contributed by atoms with Gasteiger partial charge in [0.15, 0.2) is 0 Å². The van der Waals surface area contributed by atoms with Gasteiger partial charge in [0.25, 0.3) is 0 Å². The van der Waals surface area contributed by atoms with E-state index in [0.717, 1.165) is 28.0 Å². The number of aliphatic hydroxyl groups excluding tert-OH is 2. The number of rotatable bonds is 7. The molecule has 0 fully saturated rings. The molecule has 0 saturated carbocycles. The van der Waals surface area contributed by atoms with E-state index in [-0.39, 0.29) is 28.6 Å².